The fourth-order valence-corrected chi connectivity index (χ4v) is 9.36. The predicted molar refractivity (Wildman–Crippen MR) is 256 cm³/mol. The van der Waals surface area contributed by atoms with E-state index in [0.717, 1.165) is 44.1 Å². The Balaban J connectivity index is 0.814. The summed E-state index contributed by atoms with van der Waals surface area (Å²) >= 11 is 0. The van der Waals surface area contributed by atoms with E-state index >= 15 is 0 Å². The van der Waals surface area contributed by atoms with Crippen molar-refractivity contribution >= 4 is 28.7 Å². The Hall–Kier alpha value is -7.25. The summed E-state index contributed by atoms with van der Waals surface area (Å²) in [5.41, 5.74) is -0.125. The van der Waals surface area contributed by atoms with Crippen molar-refractivity contribution in [1.82, 2.24) is 25.8 Å². The zero-order chi connectivity index (χ0) is 50.3. The van der Waals surface area contributed by atoms with Gasteiger partial charge in [-0.1, -0.05) is 78.9 Å². The van der Waals surface area contributed by atoms with E-state index in [4.69, 9.17) is 4.74 Å². The molecule has 8 N–H and O–H groups in total. The van der Waals surface area contributed by atoms with Crippen molar-refractivity contribution < 1.29 is 57.5 Å². The Labute approximate surface area is 406 Å². The molecule has 1 aliphatic carbocycles. The van der Waals surface area contributed by atoms with Crippen molar-refractivity contribution in [3.05, 3.63) is 171 Å². The van der Waals surface area contributed by atoms with Crippen molar-refractivity contribution in [3.8, 4) is 17.2 Å². The lowest BCUT2D eigenvalue weighted by Crippen LogP contribution is -2.54. The normalized spacial score (nSPS) is 17.6. The highest BCUT2D eigenvalue weighted by Crippen LogP contribution is 2.37. The molecule has 15 nitrogen and oxygen atoms in total. The molecule has 0 radical (unpaired) electrons. The first-order valence-electron chi connectivity index (χ1n) is 23.3. The summed E-state index contributed by atoms with van der Waals surface area (Å²) in [4.78, 5) is 55.8. The average Bonchev–Trinajstić information content (AvgIpc) is 3.33. The van der Waals surface area contributed by atoms with Gasteiger partial charge in [0.15, 0.2) is 6.61 Å². The van der Waals surface area contributed by atoms with Crippen molar-refractivity contribution in [3.63, 3.8) is 0 Å². The van der Waals surface area contributed by atoms with Gasteiger partial charge >= 0.3 is 12.3 Å². The number of aromatic amines is 1. The Bertz CT molecular complexity index is 2920. The van der Waals surface area contributed by atoms with Crippen LogP contribution in [0, 0.1) is 5.92 Å². The SMILES string of the molecule is O=C(COc1cccc(C(O)(C(=O)O)c2ccccc2CC2CCN(Cc3ccccc3)CC2)c1)NC1CC(NC(=O)c2ccc(CNC[C@H](O)c3ccc(O)c4[nH]c(=O)ccc34)c(OC(F)(F)F)c2)C1. The number of aliphatic hydroxyl groups excluding tert-OH is 1. The minimum atomic E-state index is -5.08. The van der Waals surface area contributed by atoms with Gasteiger partial charge in [0, 0.05) is 65.4 Å². The number of carbonyl (C=O) groups is 3. The largest absolute Gasteiger partial charge is 0.573 e. The molecule has 2 amide bonds. The fourth-order valence-electron chi connectivity index (χ4n) is 9.36. The van der Waals surface area contributed by atoms with Gasteiger partial charge in [0.05, 0.1) is 11.6 Å². The first-order chi connectivity index (χ1) is 34.0. The van der Waals surface area contributed by atoms with Gasteiger partial charge in [-0.05, 0) is 104 Å². The number of aromatic hydroxyl groups is 1. The van der Waals surface area contributed by atoms with E-state index in [2.05, 4.69) is 42.7 Å². The number of piperidine rings is 1. The van der Waals surface area contributed by atoms with E-state index in [9.17, 15) is 52.8 Å². The van der Waals surface area contributed by atoms with Gasteiger partial charge < -0.3 is 50.8 Å². The van der Waals surface area contributed by atoms with Crippen molar-refractivity contribution in [2.75, 3.05) is 26.2 Å². The quantitative estimate of drug-likeness (QED) is 0.0456. The molecule has 5 aromatic carbocycles. The third kappa shape index (κ3) is 12.4. The van der Waals surface area contributed by atoms with E-state index in [-0.39, 0.29) is 58.4 Å². The number of aromatic nitrogens is 1. The number of nitrogens with zero attached hydrogens (tertiary/aromatic N) is 1. The molecular formula is C53H54F3N5O10. The molecular weight excluding hydrogens is 924 g/mol. The Morgan fingerprint density at radius 1 is 0.831 bits per heavy atom. The van der Waals surface area contributed by atoms with Crippen LogP contribution in [0.1, 0.15) is 75.5 Å². The number of fused-ring (bicyclic) bond motifs is 1. The molecule has 18 heteroatoms. The van der Waals surface area contributed by atoms with Crippen LogP contribution in [0.3, 0.4) is 0 Å². The Morgan fingerprint density at radius 2 is 1.56 bits per heavy atom. The summed E-state index contributed by atoms with van der Waals surface area (Å²) < 4.78 is 50.5. The second-order valence-corrected chi connectivity index (χ2v) is 18.1. The molecule has 2 heterocycles. The smallest absolute Gasteiger partial charge is 0.506 e. The third-order valence-electron chi connectivity index (χ3n) is 13.1. The summed E-state index contributed by atoms with van der Waals surface area (Å²) in [7, 11) is 0. The number of halogens is 3. The summed E-state index contributed by atoms with van der Waals surface area (Å²) in [6.45, 7) is 1.94. The number of phenolic OH excluding ortho intramolecular Hbond substituents is 1. The van der Waals surface area contributed by atoms with Crippen LogP contribution in [0.25, 0.3) is 10.9 Å². The second kappa shape index (κ2) is 21.8. The second-order valence-electron chi connectivity index (χ2n) is 18.1. The maximum atomic E-state index is 13.5. The molecule has 2 aliphatic rings. The van der Waals surface area contributed by atoms with E-state index in [1.807, 2.05) is 30.3 Å². The monoisotopic (exact) mass is 977 g/mol. The van der Waals surface area contributed by atoms with E-state index < -0.39 is 59.8 Å². The summed E-state index contributed by atoms with van der Waals surface area (Å²) in [5.74, 6) is -2.97. The number of alkyl halides is 3. The zero-order valence-electron chi connectivity index (χ0n) is 38.5. The number of benzene rings is 5. The van der Waals surface area contributed by atoms with Crippen LogP contribution >= 0.6 is 0 Å². The number of hydrogen-bond donors (Lipinski definition) is 8. The van der Waals surface area contributed by atoms with Crippen LogP contribution in [0.2, 0.25) is 0 Å². The van der Waals surface area contributed by atoms with Gasteiger partial charge in [0.2, 0.25) is 11.2 Å². The van der Waals surface area contributed by atoms with Crippen LogP contribution < -0.4 is 31.0 Å². The number of aliphatic carboxylic acids is 1. The number of carboxylic acid groups (broad SMARTS) is 1. The number of amides is 2. The Kier molecular flexibility index (Phi) is 15.4. The molecule has 8 rings (SSSR count). The van der Waals surface area contributed by atoms with Crippen molar-refractivity contribution in [2.45, 2.75) is 75.3 Å². The molecule has 2 fully saturated rings. The van der Waals surface area contributed by atoms with Gasteiger partial charge in [0.25, 0.3) is 11.8 Å². The van der Waals surface area contributed by atoms with Gasteiger partial charge in [-0.25, -0.2) is 4.79 Å². The number of hydrogen-bond acceptors (Lipinski definition) is 11. The number of aliphatic hydroxyl groups is 2. The Morgan fingerprint density at radius 3 is 2.31 bits per heavy atom. The molecule has 2 atom stereocenters. The molecule has 1 aromatic heterocycles. The first-order valence-corrected chi connectivity index (χ1v) is 23.3. The van der Waals surface area contributed by atoms with Crippen LogP contribution in [0.5, 0.6) is 17.2 Å². The maximum absolute atomic E-state index is 13.5. The fraction of sp³-hybridized carbons (Fsp3) is 0.321. The molecule has 1 saturated heterocycles. The van der Waals surface area contributed by atoms with Gasteiger partial charge in [-0.3, -0.25) is 19.3 Å². The van der Waals surface area contributed by atoms with Crippen molar-refractivity contribution in [1.29, 1.82) is 0 Å². The highest BCUT2D eigenvalue weighted by molar-refractivity contribution is 5.95. The molecule has 1 aliphatic heterocycles. The van der Waals surface area contributed by atoms with Crippen molar-refractivity contribution in [2.24, 2.45) is 5.92 Å². The number of phenols is 1. The van der Waals surface area contributed by atoms with Gasteiger partial charge in [0.1, 0.15) is 17.2 Å². The molecule has 6 aromatic rings. The van der Waals surface area contributed by atoms with Crippen LogP contribution in [-0.2, 0) is 34.7 Å². The maximum Gasteiger partial charge on any atom is 0.573 e. The number of pyridine rings is 1. The van der Waals surface area contributed by atoms with E-state index in [1.54, 1.807) is 24.3 Å². The number of nitrogens with one attached hydrogen (secondary N) is 4. The highest BCUT2D eigenvalue weighted by Gasteiger charge is 2.42. The average molecular weight is 978 g/mol. The minimum absolute atomic E-state index is 0.0473. The first kappa shape index (κ1) is 50.1. The predicted octanol–water partition coefficient (Wildman–Crippen LogP) is 6.19. The standard InChI is InChI=1S/C53H54F3N5O10/c54-53(55,56)71-46-24-35(13-14-36(46)28-57-29-45(63)41-15-17-44(62)49-42(41)16-18-47(64)60-49)50(66)59-39-26-38(27-39)58-48(65)31-70-40-11-6-10-37(25-40)52(69,51(67)68)43-12-5-4-9-34(43)23-32-19-21-61(22-20-32)30-33-7-2-1-3-8-33/h1-18,24-25,32,38-39,45,57,62-63,69H,19-23,26-31H2,(H,58,65)(H,59,66)(H,60,64)(H,67,68)/t38?,39?,45-,52?/m0/s1. The number of carboxylic acids is 1. The van der Waals surface area contributed by atoms with E-state index in [0.29, 0.717) is 36.1 Å². The topological polar surface area (TPSA) is 223 Å². The third-order valence-corrected chi connectivity index (χ3v) is 13.1. The molecule has 372 valence electrons. The minimum Gasteiger partial charge on any atom is -0.506 e. The van der Waals surface area contributed by atoms with Crippen LogP contribution in [0.15, 0.2) is 126 Å². The lowest BCUT2D eigenvalue weighted by molar-refractivity contribution is -0.275. The number of likely N-dealkylation sites (tertiary alicyclic amines) is 1. The van der Waals surface area contributed by atoms with Gasteiger partial charge in [-0.2, -0.15) is 0 Å². The van der Waals surface area contributed by atoms with Crippen LogP contribution in [-0.4, -0.2) is 92.8 Å². The number of rotatable bonds is 19. The van der Waals surface area contributed by atoms with Crippen LogP contribution in [0.4, 0.5) is 13.2 Å². The molecule has 1 saturated carbocycles. The molecule has 1 unspecified atom stereocenters. The highest BCUT2D eigenvalue weighted by atomic mass is 19.4. The lowest BCUT2D eigenvalue weighted by atomic mass is 9.80. The number of carbonyl (C=O) groups excluding carboxylic acids is 2. The van der Waals surface area contributed by atoms with E-state index in [1.165, 1.54) is 54.1 Å². The summed E-state index contributed by atoms with van der Waals surface area (Å²) in [6, 6.07) is 31.6. The number of H-pyrrole nitrogens is 1. The lowest BCUT2D eigenvalue weighted by Gasteiger charge is -2.36. The summed E-state index contributed by atoms with van der Waals surface area (Å²) in [5, 5.41) is 52.4. The molecule has 0 spiro atoms. The zero-order valence-corrected chi connectivity index (χ0v) is 38.5. The van der Waals surface area contributed by atoms with Gasteiger partial charge in [-0.15, -0.1) is 13.2 Å². The number of ether oxygens (including phenoxy) is 2. The molecule has 71 heavy (non-hydrogen) atoms. The summed E-state index contributed by atoms with van der Waals surface area (Å²) in [6.07, 6.45) is -3.15. The molecule has 0 bridgehead atoms.